The van der Waals surface area contributed by atoms with E-state index in [0.29, 0.717) is 17.3 Å². The van der Waals surface area contributed by atoms with Gasteiger partial charge in [0.15, 0.2) is 0 Å². The normalized spacial score (nSPS) is 10.3. The number of hydroxylamine groups is 1. The summed E-state index contributed by atoms with van der Waals surface area (Å²) < 4.78 is 5.12. The van der Waals surface area contributed by atoms with Crippen LogP contribution in [0, 0.1) is 6.92 Å². The minimum absolute atomic E-state index is 0.568. The first kappa shape index (κ1) is 11.3. The monoisotopic (exact) mass is 215 g/mol. The Hall–Kier alpha value is -0.770. The van der Waals surface area contributed by atoms with E-state index in [4.69, 9.17) is 21.2 Å². The number of nitrogens with one attached hydrogen (secondary N) is 1. The second-order valence-corrected chi connectivity index (χ2v) is 3.28. The van der Waals surface area contributed by atoms with Gasteiger partial charge in [0.1, 0.15) is 5.75 Å². The van der Waals surface area contributed by atoms with Crippen LogP contribution in [0.1, 0.15) is 11.1 Å². The molecule has 14 heavy (non-hydrogen) atoms. The van der Waals surface area contributed by atoms with Gasteiger partial charge in [0.25, 0.3) is 0 Å². The number of ether oxygens (including phenoxy) is 1. The summed E-state index contributed by atoms with van der Waals surface area (Å²) in [5.74, 6) is 0.685. The van der Waals surface area contributed by atoms with E-state index in [2.05, 4.69) is 5.48 Å². The van der Waals surface area contributed by atoms with Crippen LogP contribution in [-0.4, -0.2) is 14.2 Å². The van der Waals surface area contributed by atoms with E-state index in [0.717, 1.165) is 11.1 Å². The second kappa shape index (κ2) is 5.20. The van der Waals surface area contributed by atoms with Gasteiger partial charge in [-0.2, -0.15) is 5.48 Å². The van der Waals surface area contributed by atoms with Gasteiger partial charge in [-0.1, -0.05) is 17.7 Å². The molecule has 0 atom stereocenters. The van der Waals surface area contributed by atoms with E-state index in [-0.39, 0.29) is 0 Å². The molecule has 1 N–H and O–H groups in total. The van der Waals surface area contributed by atoms with Gasteiger partial charge in [0, 0.05) is 6.54 Å². The molecule has 0 heterocycles. The Kier molecular flexibility index (Phi) is 4.20. The molecule has 0 radical (unpaired) electrons. The van der Waals surface area contributed by atoms with E-state index in [1.165, 1.54) is 0 Å². The van der Waals surface area contributed by atoms with Crippen molar-refractivity contribution in [2.24, 2.45) is 0 Å². The van der Waals surface area contributed by atoms with Crippen LogP contribution in [0.3, 0.4) is 0 Å². The Balaban J connectivity index is 2.99. The molecule has 3 nitrogen and oxygen atoms in total. The van der Waals surface area contributed by atoms with Crippen LogP contribution in [0.4, 0.5) is 0 Å². The fourth-order valence-electron chi connectivity index (χ4n) is 1.22. The van der Waals surface area contributed by atoms with Gasteiger partial charge in [-0.05, 0) is 24.1 Å². The summed E-state index contributed by atoms with van der Waals surface area (Å²) in [5, 5.41) is 0.636. The topological polar surface area (TPSA) is 30.5 Å². The first-order valence-corrected chi connectivity index (χ1v) is 4.66. The number of benzene rings is 1. The fourth-order valence-corrected chi connectivity index (χ4v) is 1.57. The smallest absolute Gasteiger partial charge is 0.137 e. The van der Waals surface area contributed by atoms with Crippen molar-refractivity contribution >= 4 is 11.6 Å². The first-order valence-electron chi connectivity index (χ1n) is 4.28. The maximum atomic E-state index is 6.13. The van der Waals surface area contributed by atoms with Crippen molar-refractivity contribution in [3.05, 3.63) is 28.3 Å². The summed E-state index contributed by atoms with van der Waals surface area (Å²) in [6, 6.07) is 3.82. The zero-order chi connectivity index (χ0) is 10.6. The molecule has 0 saturated carbocycles. The molecule has 0 aliphatic carbocycles. The molecular weight excluding hydrogens is 202 g/mol. The molecule has 0 aliphatic rings. The third-order valence-electron chi connectivity index (χ3n) is 2.06. The second-order valence-electron chi connectivity index (χ2n) is 2.90. The van der Waals surface area contributed by atoms with Crippen molar-refractivity contribution in [3.63, 3.8) is 0 Å². The van der Waals surface area contributed by atoms with Gasteiger partial charge < -0.3 is 9.57 Å². The molecule has 1 aromatic rings. The molecule has 4 heteroatoms. The highest BCUT2D eigenvalue weighted by Gasteiger charge is 2.09. The molecule has 1 rings (SSSR count). The third-order valence-corrected chi connectivity index (χ3v) is 2.47. The lowest BCUT2D eigenvalue weighted by atomic mass is 10.1. The molecule has 0 bridgehead atoms. The van der Waals surface area contributed by atoms with Crippen LogP contribution in [0.5, 0.6) is 5.75 Å². The summed E-state index contributed by atoms with van der Waals surface area (Å²) >= 11 is 6.13. The number of halogens is 1. The van der Waals surface area contributed by atoms with E-state index in [9.17, 15) is 0 Å². The van der Waals surface area contributed by atoms with Crippen molar-refractivity contribution in [1.82, 2.24) is 5.48 Å². The maximum absolute atomic E-state index is 6.13. The standard InChI is InChI=1S/C10H14ClNO2/c1-7-4-5-9(13-2)10(11)8(7)6-12-14-3/h4-5,12H,6H2,1-3H3. The summed E-state index contributed by atoms with van der Waals surface area (Å²) in [4.78, 5) is 4.78. The first-order chi connectivity index (χ1) is 6.70. The minimum Gasteiger partial charge on any atom is -0.495 e. The predicted molar refractivity (Wildman–Crippen MR) is 56.6 cm³/mol. The molecule has 0 spiro atoms. The summed E-state index contributed by atoms with van der Waals surface area (Å²) in [6.45, 7) is 2.57. The lowest BCUT2D eigenvalue weighted by molar-refractivity contribution is 0.0865. The number of hydrogen-bond donors (Lipinski definition) is 1. The predicted octanol–water partition coefficient (Wildman–Crippen LogP) is 2.31. The largest absolute Gasteiger partial charge is 0.495 e. The lowest BCUT2D eigenvalue weighted by Crippen LogP contribution is -2.12. The SMILES string of the molecule is CONCc1c(C)ccc(OC)c1Cl. The molecule has 0 aromatic heterocycles. The minimum atomic E-state index is 0.568. The highest BCUT2D eigenvalue weighted by molar-refractivity contribution is 6.32. The van der Waals surface area contributed by atoms with Crippen LogP contribution in [-0.2, 0) is 11.4 Å². The van der Waals surface area contributed by atoms with E-state index in [1.807, 2.05) is 19.1 Å². The summed E-state index contributed by atoms with van der Waals surface area (Å²) in [6.07, 6.45) is 0. The van der Waals surface area contributed by atoms with Gasteiger partial charge in [0.2, 0.25) is 0 Å². The summed E-state index contributed by atoms with van der Waals surface area (Å²) in [7, 11) is 3.17. The molecule has 78 valence electrons. The average molecular weight is 216 g/mol. The van der Waals surface area contributed by atoms with E-state index in [1.54, 1.807) is 14.2 Å². The van der Waals surface area contributed by atoms with Crippen LogP contribution in [0.15, 0.2) is 12.1 Å². The third kappa shape index (κ3) is 2.38. The molecule has 1 aromatic carbocycles. The van der Waals surface area contributed by atoms with Crippen LogP contribution in [0.25, 0.3) is 0 Å². The van der Waals surface area contributed by atoms with Crippen molar-refractivity contribution in [2.75, 3.05) is 14.2 Å². The maximum Gasteiger partial charge on any atom is 0.137 e. The van der Waals surface area contributed by atoms with Gasteiger partial charge in [-0.3, -0.25) is 0 Å². The van der Waals surface area contributed by atoms with Crippen LogP contribution < -0.4 is 10.2 Å². The van der Waals surface area contributed by atoms with Gasteiger partial charge >= 0.3 is 0 Å². The number of aryl methyl sites for hydroxylation is 1. The van der Waals surface area contributed by atoms with Gasteiger partial charge in [-0.25, -0.2) is 0 Å². The van der Waals surface area contributed by atoms with Crippen molar-refractivity contribution in [2.45, 2.75) is 13.5 Å². The molecular formula is C10H14ClNO2. The van der Waals surface area contributed by atoms with Gasteiger partial charge in [-0.15, -0.1) is 0 Å². The number of rotatable bonds is 4. The Labute approximate surface area is 88.9 Å². The zero-order valence-corrected chi connectivity index (χ0v) is 9.31. The molecule has 0 unspecified atom stereocenters. The Bertz CT molecular complexity index is 315. The van der Waals surface area contributed by atoms with Crippen LogP contribution >= 0.6 is 11.6 Å². The van der Waals surface area contributed by atoms with E-state index < -0.39 is 0 Å². The van der Waals surface area contributed by atoms with Crippen molar-refractivity contribution < 1.29 is 9.57 Å². The zero-order valence-electron chi connectivity index (χ0n) is 8.56. The summed E-state index contributed by atoms with van der Waals surface area (Å²) in [5.41, 5.74) is 4.86. The fraction of sp³-hybridized carbons (Fsp3) is 0.400. The lowest BCUT2D eigenvalue weighted by Gasteiger charge is -2.11. The van der Waals surface area contributed by atoms with Crippen molar-refractivity contribution in [1.29, 1.82) is 0 Å². The van der Waals surface area contributed by atoms with Gasteiger partial charge in [0.05, 0.1) is 19.2 Å². The quantitative estimate of drug-likeness (QED) is 0.782. The average Bonchev–Trinajstić information content (AvgIpc) is 2.18. The molecule has 0 aliphatic heterocycles. The number of methoxy groups -OCH3 is 1. The molecule has 0 amide bonds. The van der Waals surface area contributed by atoms with Crippen molar-refractivity contribution in [3.8, 4) is 5.75 Å². The Morgan fingerprint density at radius 1 is 1.36 bits per heavy atom. The highest BCUT2D eigenvalue weighted by Crippen LogP contribution is 2.30. The van der Waals surface area contributed by atoms with E-state index >= 15 is 0 Å². The highest BCUT2D eigenvalue weighted by atomic mass is 35.5. The molecule has 0 saturated heterocycles. The Morgan fingerprint density at radius 3 is 2.64 bits per heavy atom. The Morgan fingerprint density at radius 2 is 2.07 bits per heavy atom. The van der Waals surface area contributed by atoms with Crippen LogP contribution in [0.2, 0.25) is 5.02 Å². The number of hydrogen-bond acceptors (Lipinski definition) is 3. The molecule has 0 fully saturated rings.